The number of hydrogen-bond acceptors (Lipinski definition) is 5. The molecule has 2 heterocycles. The Morgan fingerprint density at radius 3 is 2.47 bits per heavy atom. The molecule has 0 saturated carbocycles. The first kappa shape index (κ1) is 21.5. The van der Waals surface area contributed by atoms with Crippen LogP contribution >= 0.6 is 0 Å². The molecule has 2 amide bonds. The molecule has 30 heavy (non-hydrogen) atoms. The molecule has 9 heteroatoms. The van der Waals surface area contributed by atoms with Crippen LogP contribution < -0.4 is 10.7 Å². The average Bonchev–Trinajstić information content (AvgIpc) is 2.66. The predicted octanol–water partition coefficient (Wildman–Crippen LogP) is 1.44. The second-order valence-electron chi connectivity index (χ2n) is 8.50. The van der Waals surface area contributed by atoms with Gasteiger partial charge in [-0.2, -0.15) is 0 Å². The molecule has 1 atom stereocenters. The molecular weight excluding hydrogens is 393 g/mol. The Morgan fingerprint density at radius 1 is 1.23 bits per heavy atom. The fraction of sp³-hybridized carbons (Fsp3) is 0.381. The summed E-state index contributed by atoms with van der Waals surface area (Å²) in [5.41, 5.74) is -1.28. The van der Waals surface area contributed by atoms with Crippen LogP contribution in [0.1, 0.15) is 47.2 Å². The molecule has 1 unspecified atom stereocenters. The zero-order valence-electron chi connectivity index (χ0n) is 17.0. The van der Waals surface area contributed by atoms with Crippen molar-refractivity contribution in [3.63, 3.8) is 0 Å². The lowest BCUT2D eigenvalue weighted by molar-refractivity contribution is -0.0246. The standard InChI is InChI=1S/C21H24FN3O5/c1-21(2,3)11-25-15(26)10-24-9-14(17(27)18(28)16(24)20(25)30)19(29)23-8-12-4-6-13(22)7-5-12/h4-7,9,15,26,28H,8,10-11H2,1-3H3,(H,23,29). The molecule has 3 N–H and O–H groups in total. The monoisotopic (exact) mass is 417 g/mol. The number of nitrogens with one attached hydrogen (secondary N) is 1. The normalized spacial score (nSPS) is 16.4. The maximum absolute atomic E-state index is 13.0. The van der Waals surface area contributed by atoms with E-state index in [0.29, 0.717) is 5.56 Å². The number of benzene rings is 1. The molecule has 0 saturated heterocycles. The first-order valence-corrected chi connectivity index (χ1v) is 9.46. The minimum absolute atomic E-state index is 0.0436. The van der Waals surface area contributed by atoms with Crippen molar-refractivity contribution in [1.82, 2.24) is 14.8 Å². The number of aliphatic hydroxyl groups is 1. The van der Waals surface area contributed by atoms with Crippen LogP contribution in [0.4, 0.5) is 4.39 Å². The topological polar surface area (TPSA) is 112 Å². The van der Waals surface area contributed by atoms with E-state index in [4.69, 9.17) is 0 Å². The quantitative estimate of drug-likeness (QED) is 0.697. The Labute approximate surface area is 172 Å². The maximum atomic E-state index is 13.0. The third kappa shape index (κ3) is 4.35. The zero-order valence-corrected chi connectivity index (χ0v) is 17.0. The molecule has 0 aliphatic carbocycles. The van der Waals surface area contributed by atoms with E-state index in [2.05, 4.69) is 5.32 Å². The highest BCUT2D eigenvalue weighted by molar-refractivity contribution is 5.99. The van der Waals surface area contributed by atoms with Crippen molar-refractivity contribution in [3.8, 4) is 5.75 Å². The van der Waals surface area contributed by atoms with Crippen molar-refractivity contribution in [2.24, 2.45) is 5.41 Å². The first-order chi connectivity index (χ1) is 14.0. The van der Waals surface area contributed by atoms with Crippen LogP contribution in [-0.2, 0) is 13.1 Å². The van der Waals surface area contributed by atoms with Gasteiger partial charge in [-0.05, 0) is 23.1 Å². The maximum Gasteiger partial charge on any atom is 0.276 e. The molecular formula is C21H24FN3O5. The summed E-state index contributed by atoms with van der Waals surface area (Å²) in [5.74, 6) is -2.68. The van der Waals surface area contributed by atoms with Gasteiger partial charge in [-0.3, -0.25) is 14.4 Å². The molecule has 1 aliphatic rings. The molecule has 1 aromatic carbocycles. The lowest BCUT2D eigenvalue weighted by Crippen LogP contribution is -2.51. The van der Waals surface area contributed by atoms with E-state index in [1.165, 1.54) is 33.7 Å². The van der Waals surface area contributed by atoms with E-state index in [-0.39, 0.29) is 36.3 Å². The summed E-state index contributed by atoms with van der Waals surface area (Å²) < 4.78 is 14.2. The van der Waals surface area contributed by atoms with Crippen LogP contribution in [0.2, 0.25) is 0 Å². The Kier molecular flexibility index (Phi) is 5.67. The molecule has 0 bridgehead atoms. The van der Waals surface area contributed by atoms with E-state index < -0.39 is 35.0 Å². The van der Waals surface area contributed by atoms with Gasteiger partial charge in [0.25, 0.3) is 11.8 Å². The van der Waals surface area contributed by atoms with Gasteiger partial charge in [-0.25, -0.2) is 4.39 Å². The Bertz CT molecular complexity index is 1040. The SMILES string of the molecule is CC(C)(C)CN1C(=O)c2c(O)c(=O)c(C(=O)NCc3ccc(F)cc3)cn2CC1O. The van der Waals surface area contributed by atoms with Crippen LogP contribution in [-0.4, -0.2) is 44.3 Å². The van der Waals surface area contributed by atoms with E-state index in [1.807, 2.05) is 20.8 Å². The number of carbonyl (C=O) groups excluding carboxylic acids is 2. The van der Waals surface area contributed by atoms with Gasteiger partial charge >= 0.3 is 0 Å². The summed E-state index contributed by atoms with van der Waals surface area (Å²) in [6, 6.07) is 5.48. The molecule has 2 aromatic rings. The summed E-state index contributed by atoms with van der Waals surface area (Å²) in [4.78, 5) is 39.1. The second kappa shape index (κ2) is 7.91. The van der Waals surface area contributed by atoms with Gasteiger partial charge in [-0.15, -0.1) is 0 Å². The van der Waals surface area contributed by atoms with Crippen LogP contribution in [0.5, 0.6) is 5.75 Å². The third-order valence-electron chi connectivity index (χ3n) is 4.69. The van der Waals surface area contributed by atoms with E-state index in [9.17, 15) is 29.0 Å². The molecule has 160 valence electrons. The van der Waals surface area contributed by atoms with Crippen molar-refractivity contribution < 1.29 is 24.2 Å². The number of fused-ring (bicyclic) bond motifs is 1. The van der Waals surface area contributed by atoms with Gasteiger partial charge in [0.2, 0.25) is 5.43 Å². The second-order valence-corrected chi connectivity index (χ2v) is 8.50. The van der Waals surface area contributed by atoms with Crippen LogP contribution in [0.3, 0.4) is 0 Å². The molecule has 0 radical (unpaired) electrons. The zero-order chi connectivity index (χ0) is 22.2. The van der Waals surface area contributed by atoms with E-state index in [0.717, 1.165) is 6.20 Å². The smallest absolute Gasteiger partial charge is 0.276 e. The van der Waals surface area contributed by atoms with Gasteiger partial charge in [0, 0.05) is 19.3 Å². The number of aromatic nitrogens is 1. The van der Waals surface area contributed by atoms with Crippen molar-refractivity contribution in [2.45, 2.75) is 40.1 Å². The molecule has 3 rings (SSSR count). The first-order valence-electron chi connectivity index (χ1n) is 9.46. The van der Waals surface area contributed by atoms with Gasteiger partial charge in [0.05, 0.1) is 6.54 Å². The van der Waals surface area contributed by atoms with Gasteiger partial charge in [-0.1, -0.05) is 32.9 Å². The molecule has 0 spiro atoms. The van der Waals surface area contributed by atoms with Gasteiger partial charge in [0.1, 0.15) is 17.6 Å². The number of nitrogens with zero attached hydrogens (tertiary/aromatic N) is 2. The number of amides is 2. The fourth-order valence-corrected chi connectivity index (χ4v) is 3.29. The summed E-state index contributed by atoms with van der Waals surface area (Å²) >= 11 is 0. The largest absolute Gasteiger partial charge is 0.503 e. The fourth-order valence-electron chi connectivity index (χ4n) is 3.29. The highest BCUT2D eigenvalue weighted by Crippen LogP contribution is 2.26. The van der Waals surface area contributed by atoms with Crippen LogP contribution in [0, 0.1) is 11.2 Å². The predicted molar refractivity (Wildman–Crippen MR) is 106 cm³/mol. The lowest BCUT2D eigenvalue weighted by atomic mass is 9.95. The Balaban J connectivity index is 1.88. The van der Waals surface area contributed by atoms with Gasteiger partial charge < -0.3 is 25.0 Å². The van der Waals surface area contributed by atoms with Crippen molar-refractivity contribution in [3.05, 3.63) is 63.3 Å². The van der Waals surface area contributed by atoms with Crippen molar-refractivity contribution in [1.29, 1.82) is 0 Å². The highest BCUT2D eigenvalue weighted by Gasteiger charge is 2.37. The molecule has 1 aromatic heterocycles. The Hall–Kier alpha value is -3.20. The van der Waals surface area contributed by atoms with Crippen LogP contribution in [0.25, 0.3) is 0 Å². The van der Waals surface area contributed by atoms with E-state index >= 15 is 0 Å². The number of carbonyl (C=O) groups is 2. The summed E-state index contributed by atoms with van der Waals surface area (Å²) in [6.45, 7) is 5.85. The molecule has 0 fully saturated rings. The number of pyridine rings is 1. The third-order valence-corrected chi connectivity index (χ3v) is 4.69. The summed E-state index contributed by atoms with van der Waals surface area (Å²) in [6.07, 6.45) is -0.00585. The van der Waals surface area contributed by atoms with Crippen molar-refractivity contribution in [2.75, 3.05) is 6.54 Å². The number of halogens is 1. The summed E-state index contributed by atoms with van der Waals surface area (Å²) in [5, 5.41) is 23.3. The number of rotatable bonds is 4. The van der Waals surface area contributed by atoms with E-state index in [1.54, 1.807) is 0 Å². The number of hydrogen-bond donors (Lipinski definition) is 3. The number of aromatic hydroxyl groups is 1. The summed E-state index contributed by atoms with van der Waals surface area (Å²) in [7, 11) is 0. The van der Waals surface area contributed by atoms with Gasteiger partial charge in [0.15, 0.2) is 11.4 Å². The van der Waals surface area contributed by atoms with Crippen molar-refractivity contribution >= 4 is 11.8 Å². The average molecular weight is 417 g/mol. The molecule has 1 aliphatic heterocycles. The molecule has 8 nitrogen and oxygen atoms in total. The minimum atomic E-state index is -1.17. The van der Waals surface area contributed by atoms with Crippen LogP contribution in [0.15, 0.2) is 35.3 Å². The minimum Gasteiger partial charge on any atom is -0.503 e. The highest BCUT2D eigenvalue weighted by atomic mass is 19.1. The number of aliphatic hydroxyl groups excluding tert-OH is 1. The Morgan fingerprint density at radius 2 is 1.87 bits per heavy atom. The lowest BCUT2D eigenvalue weighted by Gasteiger charge is -2.38.